The van der Waals surface area contributed by atoms with Gasteiger partial charge in [-0.25, -0.2) is 0 Å². The van der Waals surface area contributed by atoms with Crippen LogP contribution < -0.4 is 0 Å². The molecule has 144 valence electrons. The number of aliphatic hydroxyl groups excluding tert-OH is 1. The molecule has 26 heavy (non-hydrogen) atoms. The minimum Gasteiger partial charge on any atom is -0.396 e. The van der Waals surface area contributed by atoms with Crippen molar-refractivity contribution in [1.82, 2.24) is 19.6 Å². The van der Waals surface area contributed by atoms with Crippen LogP contribution in [0.4, 0.5) is 11.4 Å². The monoisotopic (exact) mass is 388 g/mol. The standard InChI is InChI=1S/C7H10ClN3O2.C7H11N3O3/c8-3-1-2-4-10-6-7(5-9-10)11(12)13;11-4-2-1-3-9-6-7(5-8-9)10(12)13/h5-6H,1-4H2;5-6,11H,1-4H2. The number of hydrogen-bond donors (Lipinski definition) is 1. The molecule has 0 unspecified atom stereocenters. The lowest BCUT2D eigenvalue weighted by Crippen LogP contribution is -1.99. The second-order valence-corrected chi connectivity index (χ2v) is 5.64. The van der Waals surface area contributed by atoms with Gasteiger partial charge in [0.15, 0.2) is 0 Å². The molecular weight excluding hydrogens is 368 g/mol. The molecule has 0 aliphatic rings. The number of alkyl halides is 1. The summed E-state index contributed by atoms with van der Waals surface area (Å²) in [5.74, 6) is 0.614. The number of hydrogen-bond acceptors (Lipinski definition) is 7. The Balaban J connectivity index is 0.000000260. The Morgan fingerprint density at radius 3 is 1.73 bits per heavy atom. The van der Waals surface area contributed by atoms with Gasteiger partial charge in [-0.2, -0.15) is 10.2 Å². The highest BCUT2D eigenvalue weighted by Crippen LogP contribution is 2.09. The number of unbranched alkanes of at least 4 members (excludes halogenated alkanes) is 2. The zero-order valence-electron chi connectivity index (χ0n) is 14.1. The smallest absolute Gasteiger partial charge is 0.306 e. The van der Waals surface area contributed by atoms with Crippen molar-refractivity contribution in [3.8, 4) is 0 Å². The van der Waals surface area contributed by atoms with Gasteiger partial charge in [0, 0.05) is 25.6 Å². The minimum absolute atomic E-state index is 0.00370. The Morgan fingerprint density at radius 1 is 0.923 bits per heavy atom. The summed E-state index contributed by atoms with van der Waals surface area (Å²) in [5.41, 5.74) is 0.0369. The van der Waals surface area contributed by atoms with Gasteiger partial charge in [-0.3, -0.25) is 29.6 Å². The Kier molecular flexibility index (Phi) is 9.87. The van der Waals surface area contributed by atoms with Crippen LogP contribution in [0, 0.1) is 20.2 Å². The summed E-state index contributed by atoms with van der Waals surface area (Å²) in [6, 6.07) is 0. The topological polar surface area (TPSA) is 142 Å². The van der Waals surface area contributed by atoms with E-state index in [-0.39, 0.29) is 18.0 Å². The highest BCUT2D eigenvalue weighted by Gasteiger charge is 2.08. The molecule has 2 heterocycles. The first kappa shape index (κ1) is 21.5. The Labute approximate surface area is 154 Å². The molecule has 0 aliphatic heterocycles. The quantitative estimate of drug-likeness (QED) is 0.285. The molecule has 12 heteroatoms. The molecular formula is C14H21ClN6O5. The fraction of sp³-hybridized carbons (Fsp3) is 0.571. The van der Waals surface area contributed by atoms with E-state index in [1.165, 1.54) is 29.5 Å². The van der Waals surface area contributed by atoms with Gasteiger partial charge in [-0.05, 0) is 25.7 Å². The molecule has 2 rings (SSSR count). The van der Waals surface area contributed by atoms with E-state index in [4.69, 9.17) is 16.7 Å². The third-order valence-corrected chi connectivity index (χ3v) is 3.49. The SMILES string of the molecule is O=[N+]([O-])c1cnn(CCCCCl)c1.O=[N+]([O-])c1cnn(CCCCO)c1. The lowest BCUT2D eigenvalue weighted by molar-refractivity contribution is -0.385. The lowest BCUT2D eigenvalue weighted by Gasteiger charge is -1.97. The van der Waals surface area contributed by atoms with Crippen LogP contribution in [0.25, 0.3) is 0 Å². The largest absolute Gasteiger partial charge is 0.396 e. The van der Waals surface area contributed by atoms with Crippen molar-refractivity contribution in [2.45, 2.75) is 38.8 Å². The van der Waals surface area contributed by atoms with E-state index < -0.39 is 9.85 Å². The van der Waals surface area contributed by atoms with Crippen molar-refractivity contribution in [2.75, 3.05) is 12.5 Å². The van der Waals surface area contributed by atoms with Gasteiger partial charge in [0.05, 0.1) is 9.85 Å². The number of nitro groups is 2. The van der Waals surface area contributed by atoms with Crippen molar-refractivity contribution in [3.63, 3.8) is 0 Å². The highest BCUT2D eigenvalue weighted by molar-refractivity contribution is 6.17. The number of aliphatic hydroxyl groups is 1. The average Bonchev–Trinajstić information content (AvgIpc) is 3.25. The maximum Gasteiger partial charge on any atom is 0.306 e. The molecule has 2 aromatic rings. The Hall–Kier alpha value is -2.53. The second kappa shape index (κ2) is 11.9. The van der Waals surface area contributed by atoms with E-state index in [0.29, 0.717) is 25.4 Å². The van der Waals surface area contributed by atoms with Gasteiger partial charge >= 0.3 is 11.4 Å². The molecule has 0 spiro atoms. The molecule has 0 aromatic carbocycles. The molecule has 0 saturated heterocycles. The predicted molar refractivity (Wildman–Crippen MR) is 94.0 cm³/mol. The first-order valence-corrected chi connectivity index (χ1v) is 8.52. The normalized spacial score (nSPS) is 10.2. The maximum atomic E-state index is 10.3. The average molecular weight is 389 g/mol. The summed E-state index contributed by atoms with van der Waals surface area (Å²) in [5, 5.41) is 36.7. The number of aryl methyl sites for hydroxylation is 2. The third kappa shape index (κ3) is 8.03. The van der Waals surface area contributed by atoms with Gasteiger partial charge in [-0.15, -0.1) is 11.6 Å². The first-order chi connectivity index (χ1) is 12.5. The fourth-order valence-corrected chi connectivity index (χ4v) is 2.08. The predicted octanol–water partition coefficient (Wildman–Crippen LogP) is 2.37. The van der Waals surface area contributed by atoms with Crippen molar-refractivity contribution in [3.05, 3.63) is 45.0 Å². The van der Waals surface area contributed by atoms with Gasteiger partial charge in [0.25, 0.3) is 0 Å². The zero-order valence-corrected chi connectivity index (χ0v) is 14.9. The molecule has 0 bridgehead atoms. The third-order valence-electron chi connectivity index (χ3n) is 3.23. The lowest BCUT2D eigenvalue weighted by atomic mass is 10.3. The summed E-state index contributed by atoms with van der Waals surface area (Å²) in [6.07, 6.45) is 8.53. The van der Waals surface area contributed by atoms with Crippen LogP contribution in [-0.2, 0) is 13.1 Å². The number of aromatic nitrogens is 4. The summed E-state index contributed by atoms with van der Waals surface area (Å²) < 4.78 is 3.07. The Morgan fingerprint density at radius 2 is 1.38 bits per heavy atom. The Bertz CT molecular complexity index is 631. The minimum atomic E-state index is -0.477. The van der Waals surface area contributed by atoms with Crippen molar-refractivity contribution in [1.29, 1.82) is 0 Å². The number of rotatable bonds is 10. The van der Waals surface area contributed by atoms with Crippen LogP contribution in [0.5, 0.6) is 0 Å². The fourth-order valence-electron chi connectivity index (χ4n) is 1.89. The van der Waals surface area contributed by atoms with Crippen LogP contribution in [0.1, 0.15) is 25.7 Å². The summed E-state index contributed by atoms with van der Waals surface area (Å²) >= 11 is 5.49. The number of nitrogens with zero attached hydrogens (tertiary/aromatic N) is 6. The van der Waals surface area contributed by atoms with E-state index in [1.54, 1.807) is 4.68 Å². The summed E-state index contributed by atoms with van der Waals surface area (Å²) in [6.45, 7) is 1.43. The summed E-state index contributed by atoms with van der Waals surface area (Å²) in [7, 11) is 0. The van der Waals surface area contributed by atoms with Crippen LogP contribution >= 0.6 is 11.6 Å². The van der Waals surface area contributed by atoms with E-state index in [2.05, 4.69) is 10.2 Å². The van der Waals surface area contributed by atoms with Crippen molar-refractivity contribution < 1.29 is 15.0 Å². The molecule has 0 atom stereocenters. The van der Waals surface area contributed by atoms with E-state index in [1.807, 2.05) is 0 Å². The van der Waals surface area contributed by atoms with Gasteiger partial charge in [-0.1, -0.05) is 0 Å². The molecule has 0 radical (unpaired) electrons. The van der Waals surface area contributed by atoms with Crippen molar-refractivity contribution >= 4 is 23.0 Å². The van der Waals surface area contributed by atoms with E-state index in [9.17, 15) is 20.2 Å². The maximum absolute atomic E-state index is 10.3. The molecule has 0 saturated carbocycles. The van der Waals surface area contributed by atoms with Crippen LogP contribution in [-0.4, -0.2) is 47.0 Å². The van der Waals surface area contributed by atoms with Crippen molar-refractivity contribution in [2.24, 2.45) is 0 Å². The van der Waals surface area contributed by atoms with E-state index in [0.717, 1.165) is 19.3 Å². The second-order valence-electron chi connectivity index (χ2n) is 5.26. The molecule has 0 aliphatic carbocycles. The van der Waals surface area contributed by atoms with Gasteiger partial charge in [0.1, 0.15) is 24.8 Å². The van der Waals surface area contributed by atoms with Crippen LogP contribution in [0.3, 0.4) is 0 Å². The zero-order chi connectivity index (χ0) is 19.4. The summed E-state index contributed by atoms with van der Waals surface area (Å²) in [4.78, 5) is 19.6. The van der Waals surface area contributed by atoms with Crippen LogP contribution in [0.2, 0.25) is 0 Å². The molecule has 2 aromatic heterocycles. The number of halogens is 1. The molecule has 0 amide bonds. The van der Waals surface area contributed by atoms with Gasteiger partial charge < -0.3 is 5.11 Å². The van der Waals surface area contributed by atoms with E-state index >= 15 is 0 Å². The molecule has 0 fully saturated rings. The first-order valence-electron chi connectivity index (χ1n) is 7.98. The molecule has 1 N–H and O–H groups in total. The molecule has 11 nitrogen and oxygen atoms in total. The van der Waals surface area contributed by atoms with Crippen LogP contribution in [0.15, 0.2) is 24.8 Å². The van der Waals surface area contributed by atoms with Gasteiger partial charge in [0.2, 0.25) is 0 Å². The highest BCUT2D eigenvalue weighted by atomic mass is 35.5.